The molecule has 0 aliphatic carbocycles. The maximum atomic E-state index is 11.8. The van der Waals surface area contributed by atoms with Gasteiger partial charge in [-0.25, -0.2) is 0 Å². The molecule has 6 nitrogen and oxygen atoms in total. The Labute approximate surface area is 125 Å². The first-order valence-electron chi connectivity index (χ1n) is 6.61. The number of carbonyl (C=O) groups is 2. The van der Waals surface area contributed by atoms with Crippen molar-refractivity contribution < 1.29 is 31.9 Å². The molecule has 0 fully saturated rings. The van der Waals surface area contributed by atoms with Crippen LogP contribution in [0, 0.1) is 0 Å². The molecule has 0 saturated carbocycles. The molecule has 9 heteroatoms. The summed E-state index contributed by atoms with van der Waals surface area (Å²) >= 11 is 0. The molecule has 2 N–H and O–H groups in total. The lowest BCUT2D eigenvalue weighted by molar-refractivity contribution is -0.173. The summed E-state index contributed by atoms with van der Waals surface area (Å²) in [7, 11) is 0. The summed E-state index contributed by atoms with van der Waals surface area (Å²) in [5, 5.41) is 4.99. The quantitative estimate of drug-likeness (QED) is 0.675. The molecular formula is C13H17F3N2O4. The fourth-order valence-corrected chi connectivity index (χ4v) is 1.48. The van der Waals surface area contributed by atoms with Gasteiger partial charge in [0.25, 0.3) is 5.91 Å². The Hall–Kier alpha value is -2.03. The minimum Gasteiger partial charge on any atom is -0.459 e. The van der Waals surface area contributed by atoms with Crippen LogP contribution in [0.25, 0.3) is 0 Å². The highest BCUT2D eigenvalue weighted by molar-refractivity contribution is 5.91. The second kappa shape index (κ2) is 9.08. The topological polar surface area (TPSA) is 80.6 Å². The lowest BCUT2D eigenvalue weighted by Gasteiger charge is -2.08. The third-order valence-corrected chi connectivity index (χ3v) is 2.45. The molecule has 0 radical (unpaired) electrons. The molecule has 0 aromatic carbocycles. The number of amides is 2. The zero-order valence-corrected chi connectivity index (χ0v) is 11.7. The predicted octanol–water partition coefficient (Wildman–Crippen LogP) is 1.48. The van der Waals surface area contributed by atoms with Gasteiger partial charge in [-0.15, -0.1) is 0 Å². The van der Waals surface area contributed by atoms with Crippen LogP contribution < -0.4 is 10.6 Å². The molecule has 1 heterocycles. The van der Waals surface area contributed by atoms with Crippen molar-refractivity contribution in [3.8, 4) is 0 Å². The van der Waals surface area contributed by atoms with E-state index in [1.165, 1.54) is 12.3 Å². The van der Waals surface area contributed by atoms with E-state index in [0.717, 1.165) is 0 Å². The van der Waals surface area contributed by atoms with Crippen LogP contribution in [-0.2, 0) is 9.53 Å². The highest BCUT2D eigenvalue weighted by Crippen LogP contribution is 2.13. The normalized spacial score (nSPS) is 11.2. The largest absolute Gasteiger partial charge is 0.459 e. The molecule has 1 aromatic heterocycles. The van der Waals surface area contributed by atoms with E-state index in [1.807, 2.05) is 0 Å². The first-order valence-corrected chi connectivity index (χ1v) is 6.61. The van der Waals surface area contributed by atoms with Gasteiger partial charge < -0.3 is 19.8 Å². The van der Waals surface area contributed by atoms with Crippen LogP contribution in [-0.4, -0.2) is 44.3 Å². The van der Waals surface area contributed by atoms with Crippen LogP contribution in [0.5, 0.6) is 0 Å². The van der Waals surface area contributed by atoms with Crippen LogP contribution in [0.3, 0.4) is 0 Å². The van der Waals surface area contributed by atoms with Crippen molar-refractivity contribution in [1.82, 2.24) is 10.6 Å². The van der Waals surface area contributed by atoms with E-state index in [2.05, 4.69) is 15.4 Å². The van der Waals surface area contributed by atoms with Crippen molar-refractivity contribution in [3.05, 3.63) is 24.2 Å². The van der Waals surface area contributed by atoms with Crippen LogP contribution in [0.4, 0.5) is 13.2 Å². The highest BCUT2D eigenvalue weighted by atomic mass is 19.4. The van der Waals surface area contributed by atoms with Crippen molar-refractivity contribution in [2.45, 2.75) is 19.0 Å². The standard InChI is InChI=1S/C13H17F3N2O4/c14-13(15,16)9-21-8-6-17-11(19)4-1-5-18-12(20)10-3-2-7-22-10/h2-3,7H,1,4-6,8-9H2,(H,17,19)(H,18,20). The average Bonchev–Trinajstić information content (AvgIpc) is 2.96. The van der Waals surface area contributed by atoms with Crippen molar-refractivity contribution in [3.63, 3.8) is 0 Å². The molecule has 22 heavy (non-hydrogen) atoms. The number of ether oxygens (including phenoxy) is 1. The first-order chi connectivity index (χ1) is 10.4. The van der Waals surface area contributed by atoms with Crippen LogP contribution >= 0.6 is 0 Å². The minimum atomic E-state index is -4.36. The molecule has 0 bridgehead atoms. The van der Waals surface area contributed by atoms with E-state index in [-0.39, 0.29) is 43.7 Å². The summed E-state index contributed by atoms with van der Waals surface area (Å²) in [6, 6.07) is 3.10. The summed E-state index contributed by atoms with van der Waals surface area (Å²) in [5.74, 6) is -0.500. The van der Waals surface area contributed by atoms with Gasteiger partial charge in [0.1, 0.15) is 6.61 Å². The zero-order valence-electron chi connectivity index (χ0n) is 11.7. The molecule has 1 aromatic rings. The number of hydrogen-bond acceptors (Lipinski definition) is 4. The van der Waals surface area contributed by atoms with Crippen molar-refractivity contribution in [2.75, 3.05) is 26.3 Å². The Morgan fingerprint density at radius 3 is 2.64 bits per heavy atom. The van der Waals surface area contributed by atoms with Crippen LogP contribution in [0.1, 0.15) is 23.4 Å². The maximum absolute atomic E-state index is 11.8. The molecule has 0 atom stereocenters. The molecule has 0 unspecified atom stereocenters. The van der Waals surface area contributed by atoms with Crippen LogP contribution in [0.15, 0.2) is 22.8 Å². The number of alkyl halides is 3. The van der Waals surface area contributed by atoms with Gasteiger partial charge in [0.2, 0.25) is 5.91 Å². The lowest BCUT2D eigenvalue weighted by Crippen LogP contribution is -2.30. The van der Waals surface area contributed by atoms with E-state index < -0.39 is 12.8 Å². The second-order valence-electron chi connectivity index (χ2n) is 4.35. The first kappa shape index (κ1) is 18.0. The number of furan rings is 1. The smallest absolute Gasteiger partial charge is 0.411 e. The summed E-state index contributed by atoms with van der Waals surface area (Å²) in [6.45, 7) is -1.24. The number of halogens is 3. The van der Waals surface area contributed by atoms with E-state index >= 15 is 0 Å². The zero-order chi connectivity index (χ0) is 16.4. The van der Waals surface area contributed by atoms with Crippen molar-refractivity contribution >= 4 is 11.8 Å². The third kappa shape index (κ3) is 8.30. The van der Waals surface area contributed by atoms with Gasteiger partial charge in [-0.05, 0) is 18.6 Å². The number of carbonyl (C=O) groups excluding carboxylic acids is 2. The number of nitrogens with one attached hydrogen (secondary N) is 2. The Morgan fingerprint density at radius 2 is 2.00 bits per heavy atom. The summed E-state index contributed by atoms with van der Waals surface area (Å²) in [5.41, 5.74) is 0. The van der Waals surface area contributed by atoms with Gasteiger partial charge in [-0.2, -0.15) is 13.2 Å². The lowest BCUT2D eigenvalue weighted by atomic mass is 10.3. The SMILES string of the molecule is O=C(CCCNC(=O)c1ccco1)NCCOCC(F)(F)F. The molecule has 0 aliphatic heterocycles. The molecule has 0 spiro atoms. The molecule has 2 amide bonds. The second-order valence-corrected chi connectivity index (χ2v) is 4.35. The van der Waals surface area contributed by atoms with Crippen LogP contribution in [0.2, 0.25) is 0 Å². The van der Waals surface area contributed by atoms with Crippen molar-refractivity contribution in [2.24, 2.45) is 0 Å². The van der Waals surface area contributed by atoms with Crippen molar-refractivity contribution in [1.29, 1.82) is 0 Å². The monoisotopic (exact) mass is 322 g/mol. The summed E-state index contributed by atoms with van der Waals surface area (Å²) in [6.07, 6.45) is -2.43. The number of hydrogen-bond donors (Lipinski definition) is 2. The van der Waals surface area contributed by atoms with Gasteiger partial charge >= 0.3 is 6.18 Å². The Bertz CT molecular complexity index is 460. The van der Waals surface area contributed by atoms with Gasteiger partial charge in [-0.1, -0.05) is 0 Å². The third-order valence-electron chi connectivity index (χ3n) is 2.45. The Balaban J connectivity index is 1.98. The predicted molar refractivity (Wildman–Crippen MR) is 70.2 cm³/mol. The number of rotatable bonds is 9. The maximum Gasteiger partial charge on any atom is 0.411 e. The van der Waals surface area contributed by atoms with Gasteiger partial charge in [0, 0.05) is 19.5 Å². The van der Waals surface area contributed by atoms with Gasteiger partial charge in [-0.3, -0.25) is 9.59 Å². The van der Waals surface area contributed by atoms with Gasteiger partial charge in [0.15, 0.2) is 5.76 Å². The highest BCUT2D eigenvalue weighted by Gasteiger charge is 2.27. The fraction of sp³-hybridized carbons (Fsp3) is 0.538. The average molecular weight is 322 g/mol. The van der Waals surface area contributed by atoms with E-state index in [4.69, 9.17) is 4.42 Å². The van der Waals surface area contributed by atoms with E-state index in [1.54, 1.807) is 6.07 Å². The molecule has 1 rings (SSSR count). The molecular weight excluding hydrogens is 305 g/mol. The molecule has 124 valence electrons. The van der Waals surface area contributed by atoms with E-state index in [9.17, 15) is 22.8 Å². The fourth-order valence-electron chi connectivity index (χ4n) is 1.48. The summed E-state index contributed by atoms with van der Waals surface area (Å²) < 4.78 is 44.5. The van der Waals surface area contributed by atoms with E-state index in [0.29, 0.717) is 6.42 Å². The molecule has 0 saturated heterocycles. The molecule has 0 aliphatic rings. The van der Waals surface area contributed by atoms with Gasteiger partial charge in [0.05, 0.1) is 12.9 Å². The Morgan fingerprint density at radius 1 is 1.23 bits per heavy atom. The minimum absolute atomic E-state index is 0.00761. The Kier molecular flexibility index (Phi) is 7.44. The summed E-state index contributed by atoms with van der Waals surface area (Å²) in [4.78, 5) is 22.8.